The van der Waals surface area contributed by atoms with Gasteiger partial charge in [0.2, 0.25) is 15.9 Å². The maximum absolute atomic E-state index is 12.6. The van der Waals surface area contributed by atoms with Crippen molar-refractivity contribution >= 4 is 49.9 Å². The van der Waals surface area contributed by atoms with Gasteiger partial charge in [0, 0.05) is 11.1 Å². The van der Waals surface area contributed by atoms with E-state index in [0.29, 0.717) is 10.8 Å². The van der Waals surface area contributed by atoms with Crippen LogP contribution < -0.4 is 10.5 Å². The molecule has 3 N–H and O–H groups in total. The molecule has 0 bridgehead atoms. The molecule has 1 unspecified atom stereocenters. The minimum Gasteiger partial charge on any atom is -0.325 e. The number of aromatic nitrogens is 3. The summed E-state index contributed by atoms with van der Waals surface area (Å²) in [6.45, 7) is 3.80. The topological polar surface area (TPSA) is 119 Å². The van der Waals surface area contributed by atoms with Gasteiger partial charge in [0.25, 0.3) is 0 Å². The molecule has 0 spiro atoms. The first kappa shape index (κ1) is 20.3. The maximum atomic E-state index is 12.6. The number of sulfonamides is 1. The number of amides is 1. The zero-order valence-corrected chi connectivity index (χ0v) is 17.9. The van der Waals surface area contributed by atoms with Crippen molar-refractivity contribution in [1.29, 1.82) is 0 Å². The molecule has 10 heteroatoms. The number of hydrogen-bond donors (Lipinski definition) is 2. The number of aryl methyl sites for hydroxylation is 1. The number of anilines is 1. The summed E-state index contributed by atoms with van der Waals surface area (Å²) in [6.07, 6.45) is 0. The van der Waals surface area contributed by atoms with Crippen molar-refractivity contribution in [2.45, 2.75) is 29.1 Å². The molecule has 2 heterocycles. The van der Waals surface area contributed by atoms with Crippen LogP contribution in [0.5, 0.6) is 0 Å². The van der Waals surface area contributed by atoms with Crippen molar-refractivity contribution in [2.75, 3.05) is 5.32 Å². The number of carbonyl (C=O) groups excluding carboxylic acids is 1. The number of primary sulfonamides is 1. The smallest absolute Gasteiger partial charge is 0.238 e. The SMILES string of the molecule is Cc1cc2nnc(SC(C)C(=O)Nc3ccc(S(N)(=O)=O)cc3)n2c2ccccc12. The number of carbonyl (C=O) groups is 1. The average molecular weight is 442 g/mol. The Morgan fingerprint density at radius 1 is 1.13 bits per heavy atom. The summed E-state index contributed by atoms with van der Waals surface area (Å²) < 4.78 is 24.6. The average Bonchev–Trinajstić information content (AvgIpc) is 3.10. The van der Waals surface area contributed by atoms with E-state index in [0.717, 1.165) is 22.1 Å². The van der Waals surface area contributed by atoms with Crippen LogP contribution in [0, 0.1) is 6.92 Å². The molecule has 4 aromatic rings. The number of nitrogens with one attached hydrogen (secondary N) is 1. The van der Waals surface area contributed by atoms with E-state index in [-0.39, 0.29) is 10.8 Å². The third-order valence-corrected chi connectivity index (χ3v) is 6.65. The number of rotatable bonds is 5. The van der Waals surface area contributed by atoms with Crippen LogP contribution in [0.3, 0.4) is 0 Å². The molecular weight excluding hydrogens is 422 g/mol. The van der Waals surface area contributed by atoms with Gasteiger partial charge in [0.15, 0.2) is 10.8 Å². The molecule has 1 atom stereocenters. The third-order valence-electron chi connectivity index (χ3n) is 4.68. The van der Waals surface area contributed by atoms with Crippen molar-refractivity contribution in [2.24, 2.45) is 5.14 Å². The molecule has 154 valence electrons. The van der Waals surface area contributed by atoms with E-state index in [1.165, 1.54) is 36.0 Å². The van der Waals surface area contributed by atoms with E-state index in [1.54, 1.807) is 6.92 Å². The van der Waals surface area contributed by atoms with Gasteiger partial charge >= 0.3 is 0 Å². The van der Waals surface area contributed by atoms with Gasteiger partial charge < -0.3 is 5.32 Å². The molecule has 2 aromatic carbocycles. The molecule has 0 saturated heterocycles. The number of benzene rings is 2. The van der Waals surface area contributed by atoms with Gasteiger partial charge in [-0.25, -0.2) is 13.6 Å². The summed E-state index contributed by atoms with van der Waals surface area (Å²) >= 11 is 1.30. The Bertz CT molecular complexity index is 1360. The van der Waals surface area contributed by atoms with Gasteiger partial charge in [-0.3, -0.25) is 9.20 Å². The molecule has 1 amide bonds. The van der Waals surface area contributed by atoms with E-state index >= 15 is 0 Å². The van der Waals surface area contributed by atoms with Crippen LogP contribution in [-0.2, 0) is 14.8 Å². The number of hydrogen-bond acceptors (Lipinski definition) is 6. The summed E-state index contributed by atoms with van der Waals surface area (Å²) in [6, 6.07) is 15.6. The highest BCUT2D eigenvalue weighted by atomic mass is 32.2. The summed E-state index contributed by atoms with van der Waals surface area (Å²) in [5, 5.41) is 17.6. The standard InChI is InChI=1S/C20H19N5O3S2/c1-12-11-18-23-24-20(25(18)17-6-4-3-5-16(12)17)29-13(2)19(26)22-14-7-9-15(10-8-14)30(21,27)28/h3-11,13H,1-2H3,(H,22,26)(H2,21,27,28). The molecule has 4 rings (SSSR count). The van der Waals surface area contributed by atoms with Gasteiger partial charge in [-0.05, 0) is 55.8 Å². The second-order valence-electron chi connectivity index (χ2n) is 6.84. The highest BCUT2D eigenvalue weighted by Gasteiger charge is 2.20. The number of fused-ring (bicyclic) bond motifs is 3. The first-order valence-corrected chi connectivity index (χ1v) is 11.5. The van der Waals surface area contributed by atoms with Crippen LogP contribution in [0.4, 0.5) is 5.69 Å². The van der Waals surface area contributed by atoms with Crippen molar-refractivity contribution in [3.8, 4) is 0 Å². The fourth-order valence-electron chi connectivity index (χ4n) is 3.13. The highest BCUT2D eigenvalue weighted by molar-refractivity contribution is 8.00. The largest absolute Gasteiger partial charge is 0.325 e. The summed E-state index contributed by atoms with van der Waals surface area (Å²) in [4.78, 5) is 12.6. The molecule has 0 aliphatic carbocycles. The molecular formula is C20H19N5O3S2. The number of nitrogens with zero attached hydrogens (tertiary/aromatic N) is 3. The maximum Gasteiger partial charge on any atom is 0.238 e. The van der Waals surface area contributed by atoms with Crippen LogP contribution in [0.25, 0.3) is 16.6 Å². The molecule has 0 fully saturated rings. The first-order chi connectivity index (χ1) is 14.2. The Labute approximate surface area is 177 Å². The Morgan fingerprint density at radius 3 is 2.53 bits per heavy atom. The Morgan fingerprint density at radius 2 is 1.83 bits per heavy atom. The van der Waals surface area contributed by atoms with Crippen LogP contribution >= 0.6 is 11.8 Å². The van der Waals surface area contributed by atoms with Crippen LogP contribution in [0.1, 0.15) is 12.5 Å². The van der Waals surface area contributed by atoms with E-state index in [9.17, 15) is 13.2 Å². The summed E-state index contributed by atoms with van der Waals surface area (Å²) in [5.41, 5.74) is 3.29. The molecule has 30 heavy (non-hydrogen) atoms. The Hall–Kier alpha value is -2.95. The predicted molar refractivity (Wildman–Crippen MR) is 117 cm³/mol. The van der Waals surface area contributed by atoms with E-state index in [1.807, 2.05) is 41.7 Å². The van der Waals surface area contributed by atoms with Crippen LogP contribution in [-0.4, -0.2) is 34.2 Å². The fourth-order valence-corrected chi connectivity index (χ4v) is 4.52. The van der Waals surface area contributed by atoms with Crippen molar-refractivity contribution in [1.82, 2.24) is 14.6 Å². The number of para-hydroxylation sites is 1. The predicted octanol–water partition coefficient (Wildman–Crippen LogP) is 2.96. The van der Waals surface area contributed by atoms with Crippen LogP contribution in [0.2, 0.25) is 0 Å². The monoisotopic (exact) mass is 441 g/mol. The van der Waals surface area contributed by atoms with Crippen molar-refractivity contribution in [3.63, 3.8) is 0 Å². The Kier molecular flexibility index (Phi) is 5.22. The van der Waals surface area contributed by atoms with Gasteiger partial charge in [0.1, 0.15) is 0 Å². The van der Waals surface area contributed by atoms with Crippen molar-refractivity contribution in [3.05, 3.63) is 60.2 Å². The van der Waals surface area contributed by atoms with E-state index < -0.39 is 15.3 Å². The molecule has 0 radical (unpaired) electrons. The number of pyridine rings is 1. The lowest BCUT2D eigenvalue weighted by molar-refractivity contribution is -0.115. The zero-order valence-electron chi connectivity index (χ0n) is 16.2. The lowest BCUT2D eigenvalue weighted by Crippen LogP contribution is -2.22. The molecule has 8 nitrogen and oxygen atoms in total. The van der Waals surface area contributed by atoms with E-state index in [4.69, 9.17) is 5.14 Å². The molecule has 2 aromatic heterocycles. The number of thioether (sulfide) groups is 1. The fraction of sp³-hybridized carbons (Fsp3) is 0.150. The normalized spacial score (nSPS) is 12.9. The summed E-state index contributed by atoms with van der Waals surface area (Å²) in [5.74, 6) is -0.239. The second kappa shape index (κ2) is 7.71. The minimum absolute atomic E-state index is 0.0139. The lowest BCUT2D eigenvalue weighted by atomic mass is 10.1. The quantitative estimate of drug-likeness (QED) is 0.460. The van der Waals surface area contributed by atoms with Gasteiger partial charge in [0.05, 0.1) is 15.7 Å². The van der Waals surface area contributed by atoms with Crippen molar-refractivity contribution < 1.29 is 13.2 Å². The molecule has 0 saturated carbocycles. The molecule has 0 aliphatic heterocycles. The van der Waals surface area contributed by atoms with Gasteiger partial charge in [-0.2, -0.15) is 0 Å². The Balaban J connectivity index is 1.56. The first-order valence-electron chi connectivity index (χ1n) is 9.08. The zero-order chi connectivity index (χ0) is 21.5. The summed E-state index contributed by atoms with van der Waals surface area (Å²) in [7, 11) is -3.78. The second-order valence-corrected chi connectivity index (χ2v) is 9.71. The van der Waals surface area contributed by atoms with Crippen LogP contribution in [0.15, 0.2) is 64.6 Å². The lowest BCUT2D eigenvalue weighted by Gasteiger charge is -2.12. The van der Waals surface area contributed by atoms with Gasteiger partial charge in [-0.1, -0.05) is 30.0 Å². The number of nitrogens with two attached hydrogens (primary N) is 1. The molecule has 0 aliphatic rings. The van der Waals surface area contributed by atoms with Gasteiger partial charge in [-0.15, -0.1) is 10.2 Å². The van der Waals surface area contributed by atoms with E-state index in [2.05, 4.69) is 15.5 Å². The highest BCUT2D eigenvalue weighted by Crippen LogP contribution is 2.28. The minimum atomic E-state index is -3.78. The third kappa shape index (κ3) is 3.89.